The summed E-state index contributed by atoms with van der Waals surface area (Å²) in [5.74, 6) is -1.27. The van der Waals surface area contributed by atoms with E-state index in [0.29, 0.717) is 38.6 Å². The number of amides is 2. The lowest BCUT2D eigenvalue weighted by Gasteiger charge is -2.36. The van der Waals surface area contributed by atoms with E-state index in [1.807, 2.05) is 66.7 Å². The number of aliphatic hydroxyl groups is 1. The second-order valence-electron chi connectivity index (χ2n) is 9.49. The fourth-order valence-corrected chi connectivity index (χ4v) is 4.84. The van der Waals surface area contributed by atoms with Gasteiger partial charge in [-0.05, 0) is 42.4 Å². The Bertz CT molecular complexity index is 1080. The van der Waals surface area contributed by atoms with E-state index in [9.17, 15) is 19.5 Å². The number of benzene rings is 2. The number of carbonyl (C=O) groups excluding carboxylic acids is 3. The average Bonchev–Trinajstić information content (AvgIpc) is 2.92. The first-order valence-corrected chi connectivity index (χ1v) is 12.7. The van der Waals surface area contributed by atoms with Gasteiger partial charge in [-0.25, -0.2) is 0 Å². The van der Waals surface area contributed by atoms with E-state index in [4.69, 9.17) is 4.74 Å². The van der Waals surface area contributed by atoms with Crippen molar-refractivity contribution in [1.82, 2.24) is 10.2 Å². The number of hydrogen-bond acceptors (Lipinski definition) is 5. The van der Waals surface area contributed by atoms with Gasteiger partial charge in [0.05, 0.1) is 24.6 Å². The Kier molecular flexibility index (Phi) is 8.90. The molecule has 2 aliphatic heterocycles. The Balaban J connectivity index is 1.52. The SMILES string of the molecule is O=C1CCCC=CC[C@H](CC(=O)N2Cc3ccccc3C[C@H]2CO)C(=O)N[C@@H](c2ccccc2)CO1. The number of fused-ring (bicyclic) bond motifs is 1. The van der Waals surface area contributed by atoms with Gasteiger partial charge in [-0.15, -0.1) is 0 Å². The van der Waals surface area contributed by atoms with E-state index in [2.05, 4.69) is 5.32 Å². The van der Waals surface area contributed by atoms with Crippen LogP contribution in [0.2, 0.25) is 0 Å². The Hall–Kier alpha value is -3.45. The van der Waals surface area contributed by atoms with Crippen LogP contribution in [-0.4, -0.2) is 47.0 Å². The Morgan fingerprint density at radius 2 is 1.78 bits per heavy atom. The zero-order chi connectivity index (χ0) is 25.3. The van der Waals surface area contributed by atoms with Gasteiger partial charge in [-0.3, -0.25) is 14.4 Å². The van der Waals surface area contributed by atoms with E-state index in [1.165, 1.54) is 0 Å². The predicted octanol–water partition coefficient (Wildman–Crippen LogP) is 3.47. The minimum atomic E-state index is -0.576. The maximum atomic E-state index is 13.5. The fourth-order valence-electron chi connectivity index (χ4n) is 4.84. The van der Waals surface area contributed by atoms with Crippen molar-refractivity contribution in [3.63, 3.8) is 0 Å². The summed E-state index contributed by atoms with van der Waals surface area (Å²) in [5.41, 5.74) is 3.05. The summed E-state index contributed by atoms with van der Waals surface area (Å²) < 4.78 is 5.46. The Morgan fingerprint density at radius 1 is 1.03 bits per heavy atom. The van der Waals surface area contributed by atoms with Gasteiger partial charge in [-0.2, -0.15) is 0 Å². The van der Waals surface area contributed by atoms with E-state index in [0.717, 1.165) is 16.7 Å². The van der Waals surface area contributed by atoms with Crippen LogP contribution in [0.3, 0.4) is 0 Å². The summed E-state index contributed by atoms with van der Waals surface area (Å²) in [5, 5.41) is 13.0. The van der Waals surface area contributed by atoms with Gasteiger partial charge in [0.1, 0.15) is 6.61 Å². The lowest BCUT2D eigenvalue weighted by molar-refractivity contribution is -0.145. The van der Waals surface area contributed by atoms with Crippen molar-refractivity contribution in [2.45, 2.75) is 57.2 Å². The smallest absolute Gasteiger partial charge is 0.305 e. The van der Waals surface area contributed by atoms with E-state index < -0.39 is 12.0 Å². The zero-order valence-corrected chi connectivity index (χ0v) is 20.5. The van der Waals surface area contributed by atoms with Gasteiger partial charge in [0.25, 0.3) is 0 Å². The van der Waals surface area contributed by atoms with Crippen molar-refractivity contribution in [2.24, 2.45) is 5.92 Å². The number of nitrogens with one attached hydrogen (secondary N) is 1. The maximum absolute atomic E-state index is 13.5. The van der Waals surface area contributed by atoms with Crippen LogP contribution in [0, 0.1) is 5.92 Å². The van der Waals surface area contributed by atoms with Gasteiger partial charge in [0.2, 0.25) is 11.8 Å². The molecular formula is C29H34N2O5. The molecule has 3 atom stereocenters. The standard InChI is InChI=1S/C29H34N2O5/c32-19-25-16-22-12-8-9-14-24(22)18-31(25)27(33)17-23-13-4-1-2-7-15-28(34)36-20-26(30-29(23)35)21-10-5-3-6-11-21/h1,3-6,8-12,14,23,25-26,32H,2,7,13,15-20H2,(H,30,35)/t23-,25+,26-/m1/s1. The molecule has 7 nitrogen and oxygen atoms in total. The molecule has 2 aromatic carbocycles. The van der Waals surface area contributed by atoms with Crippen molar-refractivity contribution >= 4 is 17.8 Å². The number of cyclic esters (lactones) is 1. The zero-order valence-electron chi connectivity index (χ0n) is 20.5. The minimum absolute atomic E-state index is 0.0378. The summed E-state index contributed by atoms with van der Waals surface area (Å²) in [6.07, 6.45) is 6.62. The molecule has 7 heteroatoms. The van der Waals surface area contributed by atoms with Crippen LogP contribution in [0.4, 0.5) is 0 Å². The average molecular weight is 491 g/mol. The highest BCUT2D eigenvalue weighted by Crippen LogP contribution is 2.26. The van der Waals surface area contributed by atoms with Gasteiger partial charge in [-0.1, -0.05) is 66.7 Å². The minimum Gasteiger partial charge on any atom is -0.463 e. The lowest BCUT2D eigenvalue weighted by atomic mass is 9.92. The molecule has 0 spiro atoms. The third-order valence-corrected chi connectivity index (χ3v) is 6.95. The molecule has 0 saturated heterocycles. The van der Waals surface area contributed by atoms with Crippen molar-refractivity contribution < 1.29 is 24.2 Å². The van der Waals surface area contributed by atoms with Crippen LogP contribution in [0.5, 0.6) is 0 Å². The summed E-state index contributed by atoms with van der Waals surface area (Å²) in [7, 11) is 0. The Morgan fingerprint density at radius 3 is 2.56 bits per heavy atom. The number of rotatable bonds is 4. The molecule has 2 aromatic rings. The number of hydrogen-bond donors (Lipinski definition) is 2. The number of ether oxygens (including phenoxy) is 1. The van der Waals surface area contributed by atoms with E-state index >= 15 is 0 Å². The molecule has 0 unspecified atom stereocenters. The third kappa shape index (κ3) is 6.61. The molecule has 0 bridgehead atoms. The van der Waals surface area contributed by atoms with Crippen LogP contribution in [-0.2, 0) is 32.1 Å². The van der Waals surface area contributed by atoms with Gasteiger partial charge >= 0.3 is 5.97 Å². The molecule has 36 heavy (non-hydrogen) atoms. The molecule has 0 radical (unpaired) electrons. The quantitative estimate of drug-likeness (QED) is 0.506. The molecule has 2 heterocycles. The summed E-state index contributed by atoms with van der Waals surface area (Å²) in [6, 6.07) is 16.5. The van der Waals surface area contributed by atoms with Crippen molar-refractivity contribution in [3.8, 4) is 0 Å². The molecule has 0 aromatic heterocycles. The van der Waals surface area contributed by atoms with E-state index in [1.54, 1.807) is 4.90 Å². The van der Waals surface area contributed by atoms with Gasteiger partial charge < -0.3 is 20.1 Å². The third-order valence-electron chi connectivity index (χ3n) is 6.95. The molecule has 2 N–H and O–H groups in total. The second kappa shape index (κ2) is 12.5. The highest BCUT2D eigenvalue weighted by molar-refractivity contribution is 5.86. The van der Waals surface area contributed by atoms with Crippen molar-refractivity contribution in [3.05, 3.63) is 83.4 Å². The fraction of sp³-hybridized carbons (Fsp3) is 0.414. The van der Waals surface area contributed by atoms with Crippen molar-refractivity contribution in [1.29, 1.82) is 0 Å². The number of carbonyl (C=O) groups is 3. The van der Waals surface area contributed by atoms with Crippen molar-refractivity contribution in [2.75, 3.05) is 13.2 Å². The molecule has 2 aliphatic rings. The molecule has 190 valence electrons. The monoisotopic (exact) mass is 490 g/mol. The second-order valence-corrected chi connectivity index (χ2v) is 9.49. The molecule has 0 aliphatic carbocycles. The molecular weight excluding hydrogens is 456 g/mol. The van der Waals surface area contributed by atoms with Crippen LogP contribution in [0.15, 0.2) is 66.7 Å². The predicted molar refractivity (Wildman–Crippen MR) is 136 cm³/mol. The topological polar surface area (TPSA) is 95.9 Å². The summed E-state index contributed by atoms with van der Waals surface area (Å²) >= 11 is 0. The lowest BCUT2D eigenvalue weighted by Crippen LogP contribution is -2.47. The van der Waals surface area contributed by atoms with Crippen LogP contribution in [0.1, 0.15) is 54.8 Å². The Labute approximate surface area is 212 Å². The number of nitrogens with zero attached hydrogens (tertiary/aromatic N) is 1. The number of esters is 1. The highest BCUT2D eigenvalue weighted by atomic mass is 16.5. The van der Waals surface area contributed by atoms with Gasteiger partial charge in [0.15, 0.2) is 0 Å². The highest BCUT2D eigenvalue weighted by Gasteiger charge is 2.32. The van der Waals surface area contributed by atoms with Gasteiger partial charge in [0, 0.05) is 19.4 Å². The molecule has 0 fully saturated rings. The molecule has 4 rings (SSSR count). The van der Waals surface area contributed by atoms with Crippen LogP contribution in [0.25, 0.3) is 0 Å². The first-order valence-electron chi connectivity index (χ1n) is 12.7. The summed E-state index contributed by atoms with van der Waals surface area (Å²) in [6.45, 7) is 0.337. The number of allylic oxidation sites excluding steroid dienone is 2. The summed E-state index contributed by atoms with van der Waals surface area (Å²) in [4.78, 5) is 40.8. The molecule has 2 amide bonds. The molecule has 0 saturated carbocycles. The van der Waals surface area contributed by atoms with Crippen LogP contribution >= 0.6 is 0 Å². The largest absolute Gasteiger partial charge is 0.463 e. The first kappa shape index (κ1) is 25.6. The maximum Gasteiger partial charge on any atom is 0.305 e. The van der Waals surface area contributed by atoms with Crippen LogP contribution < -0.4 is 5.32 Å². The van der Waals surface area contributed by atoms with E-state index in [-0.39, 0.29) is 43.5 Å². The normalized spacial score (nSPS) is 23.4. The first-order chi connectivity index (χ1) is 17.5. The number of aliphatic hydroxyl groups excluding tert-OH is 1.